The van der Waals surface area contributed by atoms with Crippen LogP contribution in [0.25, 0.3) is 0 Å². The van der Waals surface area contributed by atoms with Crippen LogP contribution in [0.4, 0.5) is 0 Å². The molecule has 0 aliphatic heterocycles. The number of rotatable bonds is 0. The van der Waals surface area contributed by atoms with Crippen molar-refractivity contribution < 1.29 is 32.7 Å². The fraction of sp³-hybridized carbons (Fsp3) is 0.357. The maximum absolute atomic E-state index is 4.19. The Labute approximate surface area is 203 Å². The minimum Gasteiger partial charge on any atom is -0.198 e. The molecule has 0 fully saturated rings. The van der Waals surface area contributed by atoms with Crippen LogP contribution in [0.15, 0.2) is 91.2 Å². The Hall–Kier alpha value is -1.24. The Morgan fingerprint density at radius 2 is 0.862 bits per heavy atom. The van der Waals surface area contributed by atoms with Gasteiger partial charge in [0.2, 0.25) is 0 Å². The summed E-state index contributed by atoms with van der Waals surface area (Å²) in [5, 5.41) is 0. The molecule has 0 bridgehead atoms. The zero-order chi connectivity index (χ0) is 20.9. The van der Waals surface area contributed by atoms with E-state index in [1.807, 2.05) is 0 Å². The second-order valence-corrected chi connectivity index (χ2v) is 8.79. The summed E-state index contributed by atoms with van der Waals surface area (Å²) in [5.41, 5.74) is 16.7. The number of allylic oxidation sites excluding steroid dienone is 16. The molecule has 4 aliphatic carbocycles. The van der Waals surface area contributed by atoms with Crippen LogP contribution in [0.1, 0.15) is 55.4 Å². The van der Waals surface area contributed by atoms with Crippen LogP contribution in [-0.4, -0.2) is 0 Å². The predicted molar refractivity (Wildman–Crippen MR) is 124 cm³/mol. The van der Waals surface area contributed by atoms with Crippen LogP contribution in [0.5, 0.6) is 0 Å². The van der Waals surface area contributed by atoms with Crippen LogP contribution in [0.2, 0.25) is 0 Å². The van der Waals surface area contributed by atoms with Crippen LogP contribution in [0.3, 0.4) is 0 Å². The smallest absolute Gasteiger partial charge is 0.198 e. The fourth-order valence-corrected chi connectivity index (χ4v) is 5.05. The normalized spacial score (nSPS) is 25.5. The standard InChI is InChI=1S/2C14H17.Y/c2*1-8-6-7-9(2)14-12(5)10(3)11(4)13(8)14;/h2*6-7,14H,4H2,1-3,5H3;/q2*-1;+3. The van der Waals surface area contributed by atoms with Gasteiger partial charge in [-0.1, -0.05) is 77.0 Å². The Balaban J connectivity index is 0.000000200. The summed E-state index contributed by atoms with van der Waals surface area (Å²) in [6.07, 6.45) is 8.88. The summed E-state index contributed by atoms with van der Waals surface area (Å²) in [4.78, 5) is 0. The van der Waals surface area contributed by atoms with Crippen molar-refractivity contribution in [2.45, 2.75) is 55.4 Å². The molecule has 29 heavy (non-hydrogen) atoms. The third kappa shape index (κ3) is 3.91. The van der Waals surface area contributed by atoms with E-state index in [0.29, 0.717) is 11.8 Å². The van der Waals surface area contributed by atoms with Gasteiger partial charge in [0.05, 0.1) is 0 Å². The number of hydrogen-bond acceptors (Lipinski definition) is 0. The first-order valence-corrected chi connectivity index (χ1v) is 10.3. The Kier molecular flexibility index (Phi) is 7.35. The molecule has 0 amide bonds. The first-order chi connectivity index (χ1) is 13.1. The molecule has 0 heterocycles. The first kappa shape index (κ1) is 24.0. The van der Waals surface area contributed by atoms with Gasteiger partial charge in [0, 0.05) is 0 Å². The molecular formula is C28H34Y+. The first-order valence-electron chi connectivity index (χ1n) is 10.3. The molecule has 0 aromatic heterocycles. The van der Waals surface area contributed by atoms with Gasteiger partial charge < -0.3 is 0 Å². The molecule has 4 rings (SSSR count). The number of hydrogen-bond donors (Lipinski definition) is 0. The largest absolute Gasteiger partial charge is 3.00 e. The van der Waals surface area contributed by atoms with Gasteiger partial charge in [0.1, 0.15) is 0 Å². The van der Waals surface area contributed by atoms with Gasteiger partial charge in [-0.3, -0.25) is 0 Å². The van der Waals surface area contributed by atoms with Gasteiger partial charge in [0.25, 0.3) is 0 Å². The second kappa shape index (κ2) is 8.87. The maximum atomic E-state index is 4.19. The van der Waals surface area contributed by atoms with E-state index >= 15 is 0 Å². The fourth-order valence-electron chi connectivity index (χ4n) is 5.05. The van der Waals surface area contributed by atoms with Gasteiger partial charge >= 0.3 is 32.7 Å². The average Bonchev–Trinajstić information content (AvgIpc) is 3.03. The molecule has 0 radical (unpaired) electrons. The third-order valence-corrected chi connectivity index (χ3v) is 7.13. The minimum atomic E-state index is 0. The molecular weight excluding hydrogens is 425 g/mol. The summed E-state index contributed by atoms with van der Waals surface area (Å²) in [5.74, 6) is 1.04. The second-order valence-electron chi connectivity index (χ2n) is 8.79. The van der Waals surface area contributed by atoms with Crippen LogP contribution >= 0.6 is 0 Å². The topological polar surface area (TPSA) is 0 Å². The van der Waals surface area contributed by atoms with Crippen LogP contribution < -0.4 is 0 Å². The van der Waals surface area contributed by atoms with E-state index in [2.05, 4.69) is 93.5 Å². The molecule has 2 atom stereocenters. The maximum Gasteiger partial charge on any atom is 3.00 e. The third-order valence-electron chi connectivity index (χ3n) is 7.13. The molecule has 0 N–H and O–H groups in total. The van der Waals surface area contributed by atoms with E-state index < -0.39 is 0 Å². The molecule has 0 nitrogen and oxygen atoms in total. The molecule has 4 aliphatic rings. The summed E-state index contributed by atoms with van der Waals surface area (Å²) >= 11 is 0. The molecule has 0 saturated heterocycles. The van der Waals surface area contributed by atoms with Crippen molar-refractivity contribution in [3.8, 4) is 0 Å². The Bertz CT molecular complexity index is 911. The van der Waals surface area contributed by atoms with E-state index in [1.165, 1.54) is 66.9 Å². The van der Waals surface area contributed by atoms with E-state index in [0.717, 1.165) is 0 Å². The summed E-state index contributed by atoms with van der Waals surface area (Å²) in [6.45, 7) is 26.0. The van der Waals surface area contributed by atoms with E-state index in [4.69, 9.17) is 0 Å². The quantitative estimate of drug-likeness (QED) is 0.322. The monoisotopic (exact) mass is 459 g/mol. The summed E-state index contributed by atoms with van der Waals surface area (Å²) < 4.78 is 0. The van der Waals surface area contributed by atoms with Crippen LogP contribution in [-0.2, 0) is 32.7 Å². The van der Waals surface area contributed by atoms with Crippen molar-refractivity contribution in [3.63, 3.8) is 0 Å². The van der Waals surface area contributed by atoms with E-state index in [1.54, 1.807) is 0 Å². The van der Waals surface area contributed by atoms with Crippen molar-refractivity contribution in [2.75, 3.05) is 0 Å². The SMILES string of the molecule is [CH2-]C1=C2C(C)=CC=C(C)C2C(C)=C1C.[CH2-]C1=C2C(C)=CC=C(C)C2C(C)=C1C.[Y+3]. The summed E-state index contributed by atoms with van der Waals surface area (Å²) in [6, 6.07) is 0. The van der Waals surface area contributed by atoms with Crippen LogP contribution in [0, 0.1) is 25.7 Å². The van der Waals surface area contributed by atoms with E-state index in [-0.39, 0.29) is 32.7 Å². The van der Waals surface area contributed by atoms with Gasteiger partial charge in [0.15, 0.2) is 0 Å². The molecule has 148 valence electrons. The molecule has 0 saturated carbocycles. The van der Waals surface area contributed by atoms with Crippen molar-refractivity contribution in [1.29, 1.82) is 0 Å². The molecule has 0 aromatic rings. The molecule has 1 heteroatoms. The van der Waals surface area contributed by atoms with Crippen molar-refractivity contribution in [2.24, 2.45) is 11.8 Å². The zero-order valence-electron chi connectivity index (χ0n) is 19.5. The molecule has 2 unspecified atom stereocenters. The molecule has 0 spiro atoms. The Morgan fingerprint density at radius 1 is 0.552 bits per heavy atom. The Morgan fingerprint density at radius 3 is 1.14 bits per heavy atom. The average molecular weight is 459 g/mol. The van der Waals surface area contributed by atoms with Crippen molar-refractivity contribution >= 4 is 0 Å². The summed E-state index contributed by atoms with van der Waals surface area (Å²) in [7, 11) is 0. The molecule has 0 aromatic carbocycles. The van der Waals surface area contributed by atoms with Gasteiger partial charge in [-0.15, -0.1) is 33.4 Å². The van der Waals surface area contributed by atoms with E-state index in [9.17, 15) is 0 Å². The predicted octanol–water partition coefficient (Wildman–Crippen LogP) is 7.98. The van der Waals surface area contributed by atoms with Gasteiger partial charge in [-0.2, -0.15) is 36.1 Å². The van der Waals surface area contributed by atoms with Crippen molar-refractivity contribution in [3.05, 3.63) is 105 Å². The zero-order valence-corrected chi connectivity index (χ0v) is 22.3. The van der Waals surface area contributed by atoms with Crippen molar-refractivity contribution in [1.82, 2.24) is 0 Å². The van der Waals surface area contributed by atoms with Gasteiger partial charge in [-0.25, -0.2) is 0 Å². The van der Waals surface area contributed by atoms with Gasteiger partial charge in [-0.05, 0) is 25.7 Å². The minimum absolute atomic E-state index is 0. The number of fused-ring (bicyclic) bond motifs is 2.